The number of carbonyl (C=O) groups excluding carboxylic acids is 3. The molecular weight excluding hydrogens is 348 g/mol. The van der Waals surface area contributed by atoms with Gasteiger partial charge in [-0.2, -0.15) is 0 Å². The van der Waals surface area contributed by atoms with Crippen LogP contribution in [0.2, 0.25) is 0 Å². The number of allylic oxidation sites excluding steroid dienone is 1. The molecular formula is C20H24N2O5. The number of nitrogens with one attached hydrogen (secondary N) is 1. The maximum Gasteiger partial charge on any atom is 0.410 e. The molecule has 3 rings (SSSR count). The van der Waals surface area contributed by atoms with Crippen molar-refractivity contribution in [2.45, 2.75) is 44.5 Å². The number of nitrogens with zero attached hydrogens (tertiary/aromatic N) is 1. The molecule has 27 heavy (non-hydrogen) atoms. The Bertz CT molecular complexity index is 761. The molecule has 144 valence electrons. The van der Waals surface area contributed by atoms with E-state index in [-0.39, 0.29) is 17.9 Å². The van der Waals surface area contributed by atoms with Gasteiger partial charge in [-0.25, -0.2) is 4.79 Å². The van der Waals surface area contributed by atoms with Gasteiger partial charge in [0.2, 0.25) is 0 Å². The van der Waals surface area contributed by atoms with Crippen molar-refractivity contribution in [3.05, 3.63) is 47.5 Å². The normalized spacial score (nSPS) is 20.9. The van der Waals surface area contributed by atoms with Crippen molar-refractivity contribution < 1.29 is 23.9 Å². The average molecular weight is 372 g/mol. The summed E-state index contributed by atoms with van der Waals surface area (Å²) in [5.74, 6) is -0.298. The second-order valence-electron chi connectivity index (χ2n) is 6.78. The number of Topliss-reactive ketones (excluding diaryl/α,β-unsaturated/α-hetero) is 1. The molecule has 2 atom stereocenters. The van der Waals surface area contributed by atoms with Crippen LogP contribution in [0.1, 0.15) is 40.7 Å². The number of benzene rings is 1. The molecule has 0 saturated carbocycles. The van der Waals surface area contributed by atoms with Gasteiger partial charge in [-0.1, -0.05) is 24.3 Å². The summed E-state index contributed by atoms with van der Waals surface area (Å²) in [6.45, 7) is 4.83. The molecule has 1 fully saturated rings. The van der Waals surface area contributed by atoms with E-state index >= 15 is 0 Å². The van der Waals surface area contributed by atoms with Gasteiger partial charge < -0.3 is 14.8 Å². The lowest BCUT2D eigenvalue weighted by atomic mass is 9.98. The highest BCUT2D eigenvalue weighted by Gasteiger charge is 2.35. The Morgan fingerprint density at radius 1 is 1.33 bits per heavy atom. The van der Waals surface area contributed by atoms with Crippen LogP contribution in [0.3, 0.4) is 0 Å². The van der Waals surface area contributed by atoms with Gasteiger partial charge in [0, 0.05) is 31.5 Å². The van der Waals surface area contributed by atoms with E-state index in [0.717, 1.165) is 11.1 Å². The molecule has 2 heterocycles. The largest absolute Gasteiger partial charge is 0.468 e. The molecule has 0 aliphatic carbocycles. The molecule has 1 amide bonds. The fourth-order valence-corrected chi connectivity index (χ4v) is 3.51. The summed E-state index contributed by atoms with van der Waals surface area (Å²) in [6.07, 6.45) is 2.34. The van der Waals surface area contributed by atoms with Crippen LogP contribution in [0.5, 0.6) is 0 Å². The average Bonchev–Trinajstić information content (AvgIpc) is 3.32. The number of amides is 1. The lowest BCUT2D eigenvalue weighted by molar-refractivity contribution is -0.142. The molecule has 2 aliphatic heterocycles. The van der Waals surface area contributed by atoms with Gasteiger partial charge in [0.05, 0.1) is 13.7 Å². The van der Waals surface area contributed by atoms with Gasteiger partial charge in [-0.15, -0.1) is 6.58 Å². The number of hydrogen-bond donors (Lipinski definition) is 1. The van der Waals surface area contributed by atoms with E-state index in [0.29, 0.717) is 44.5 Å². The van der Waals surface area contributed by atoms with Crippen molar-refractivity contribution in [1.82, 2.24) is 10.2 Å². The SMILES string of the molecule is C=CCCC(=O)c1cccc2c1CN(C(=O)O[C@H]1CN[C@H](C(=O)OC)C1)C2. The van der Waals surface area contributed by atoms with E-state index in [1.54, 1.807) is 17.0 Å². The monoisotopic (exact) mass is 372 g/mol. The number of hydrogen-bond acceptors (Lipinski definition) is 6. The predicted octanol–water partition coefficient (Wildman–Crippen LogP) is 2.19. The third kappa shape index (κ3) is 4.19. The standard InChI is InChI=1S/C20H24N2O5/c1-3-4-8-18(23)15-7-5-6-13-11-22(12-16(13)15)20(25)27-14-9-17(21-10-14)19(24)26-2/h3,5-7,14,17,21H,1,4,8-12H2,2H3/t14-,17+/m1/s1. The summed E-state index contributed by atoms with van der Waals surface area (Å²) >= 11 is 0. The van der Waals surface area contributed by atoms with E-state index in [9.17, 15) is 14.4 Å². The maximum atomic E-state index is 12.5. The van der Waals surface area contributed by atoms with Gasteiger partial charge in [0.15, 0.2) is 5.78 Å². The number of carbonyl (C=O) groups is 3. The zero-order chi connectivity index (χ0) is 19.4. The summed E-state index contributed by atoms with van der Waals surface area (Å²) in [4.78, 5) is 38.1. The first-order valence-electron chi connectivity index (χ1n) is 9.05. The number of methoxy groups -OCH3 is 1. The zero-order valence-electron chi connectivity index (χ0n) is 15.4. The molecule has 0 radical (unpaired) electrons. The van der Waals surface area contributed by atoms with Crippen molar-refractivity contribution in [3.8, 4) is 0 Å². The minimum absolute atomic E-state index is 0.0582. The van der Waals surface area contributed by atoms with E-state index < -0.39 is 12.1 Å². The van der Waals surface area contributed by atoms with E-state index in [4.69, 9.17) is 9.47 Å². The number of esters is 1. The number of rotatable bonds is 6. The molecule has 1 aromatic rings. The van der Waals surface area contributed by atoms with Crippen molar-refractivity contribution in [1.29, 1.82) is 0 Å². The second kappa shape index (κ2) is 8.35. The third-order valence-electron chi connectivity index (χ3n) is 4.96. The third-order valence-corrected chi connectivity index (χ3v) is 4.96. The Morgan fingerprint density at radius 3 is 2.89 bits per heavy atom. The first-order valence-corrected chi connectivity index (χ1v) is 9.05. The van der Waals surface area contributed by atoms with Crippen LogP contribution >= 0.6 is 0 Å². The van der Waals surface area contributed by atoms with E-state index in [1.807, 2.05) is 12.1 Å². The smallest absolute Gasteiger partial charge is 0.410 e. The first-order chi connectivity index (χ1) is 13.0. The van der Waals surface area contributed by atoms with Crippen LogP contribution in [0.4, 0.5) is 4.79 Å². The fourth-order valence-electron chi connectivity index (χ4n) is 3.51. The predicted molar refractivity (Wildman–Crippen MR) is 98.1 cm³/mol. The summed E-state index contributed by atoms with van der Waals surface area (Å²) in [5, 5.41) is 2.99. The van der Waals surface area contributed by atoms with Gasteiger partial charge in [-0.05, 0) is 17.5 Å². The molecule has 1 N–H and O–H groups in total. The highest BCUT2D eigenvalue weighted by atomic mass is 16.6. The Labute approximate surface area is 158 Å². The van der Waals surface area contributed by atoms with Gasteiger partial charge in [0.1, 0.15) is 12.1 Å². The van der Waals surface area contributed by atoms with Crippen LogP contribution in [0.25, 0.3) is 0 Å². The summed E-state index contributed by atoms with van der Waals surface area (Å²) in [6, 6.07) is 5.13. The highest BCUT2D eigenvalue weighted by molar-refractivity contribution is 5.98. The van der Waals surface area contributed by atoms with Crippen LogP contribution < -0.4 is 5.32 Å². The zero-order valence-corrected chi connectivity index (χ0v) is 15.4. The van der Waals surface area contributed by atoms with Crippen LogP contribution in [0.15, 0.2) is 30.9 Å². The highest BCUT2D eigenvalue weighted by Crippen LogP contribution is 2.28. The fraction of sp³-hybridized carbons (Fsp3) is 0.450. The molecule has 1 saturated heterocycles. The molecule has 1 aromatic carbocycles. The molecule has 0 aromatic heterocycles. The molecule has 7 nitrogen and oxygen atoms in total. The molecule has 0 spiro atoms. The molecule has 7 heteroatoms. The minimum atomic E-state index is -0.447. The van der Waals surface area contributed by atoms with Gasteiger partial charge >= 0.3 is 12.1 Å². The maximum absolute atomic E-state index is 12.5. The Kier molecular flexibility index (Phi) is 5.91. The van der Waals surface area contributed by atoms with Crippen molar-refractivity contribution in [2.75, 3.05) is 13.7 Å². The molecule has 0 bridgehead atoms. The minimum Gasteiger partial charge on any atom is -0.468 e. The Morgan fingerprint density at radius 2 is 2.15 bits per heavy atom. The lowest BCUT2D eigenvalue weighted by Gasteiger charge is -2.18. The second-order valence-corrected chi connectivity index (χ2v) is 6.78. The summed E-state index contributed by atoms with van der Waals surface area (Å²) < 4.78 is 10.2. The number of ketones is 1. The van der Waals surface area contributed by atoms with E-state index in [2.05, 4.69) is 11.9 Å². The van der Waals surface area contributed by atoms with E-state index in [1.165, 1.54) is 7.11 Å². The molecule has 0 unspecified atom stereocenters. The van der Waals surface area contributed by atoms with Crippen molar-refractivity contribution in [2.24, 2.45) is 0 Å². The van der Waals surface area contributed by atoms with Crippen molar-refractivity contribution >= 4 is 17.8 Å². The number of ether oxygens (including phenoxy) is 2. The first kappa shape index (κ1) is 19.1. The Balaban J connectivity index is 1.61. The van der Waals surface area contributed by atoms with Crippen LogP contribution in [-0.2, 0) is 27.4 Å². The Hall–Kier alpha value is -2.67. The number of fused-ring (bicyclic) bond motifs is 1. The van der Waals surface area contributed by atoms with Gasteiger partial charge in [-0.3, -0.25) is 14.5 Å². The lowest BCUT2D eigenvalue weighted by Crippen LogP contribution is -2.31. The summed E-state index contributed by atoms with van der Waals surface area (Å²) in [7, 11) is 1.33. The topological polar surface area (TPSA) is 84.9 Å². The quantitative estimate of drug-likeness (QED) is 0.468. The van der Waals surface area contributed by atoms with Crippen LogP contribution in [-0.4, -0.2) is 48.5 Å². The molecule has 2 aliphatic rings. The summed E-state index contributed by atoms with van der Waals surface area (Å²) in [5.41, 5.74) is 2.52. The van der Waals surface area contributed by atoms with Gasteiger partial charge in [0.25, 0.3) is 0 Å². The van der Waals surface area contributed by atoms with Crippen LogP contribution in [0, 0.1) is 0 Å². The van der Waals surface area contributed by atoms with Crippen molar-refractivity contribution in [3.63, 3.8) is 0 Å².